The van der Waals surface area contributed by atoms with Gasteiger partial charge in [-0.25, -0.2) is 17.6 Å². The largest absolute Gasteiger partial charge is 0.432 e. The molecule has 2 aromatic carbocycles. The molecule has 0 aliphatic carbocycles. The van der Waals surface area contributed by atoms with E-state index in [9.17, 15) is 39.5 Å². The van der Waals surface area contributed by atoms with Gasteiger partial charge >= 0.3 is 18.2 Å². The zero-order valence-electron chi connectivity index (χ0n) is 22.5. The van der Waals surface area contributed by atoms with Crippen LogP contribution < -0.4 is 9.47 Å². The summed E-state index contributed by atoms with van der Waals surface area (Å²) in [4.78, 5) is 0. The van der Waals surface area contributed by atoms with Crippen molar-refractivity contribution in [2.24, 2.45) is 5.92 Å². The van der Waals surface area contributed by atoms with Crippen LogP contribution >= 0.6 is 0 Å². The van der Waals surface area contributed by atoms with Gasteiger partial charge in [0.1, 0.15) is 22.9 Å². The van der Waals surface area contributed by atoms with E-state index in [1.54, 1.807) is 6.08 Å². The van der Waals surface area contributed by atoms with Crippen molar-refractivity contribution in [1.82, 2.24) is 0 Å². The molecule has 0 N–H and O–H groups in total. The van der Waals surface area contributed by atoms with E-state index < -0.39 is 64.8 Å². The number of allylic oxidation sites excluding steroid dienone is 1. The number of hydrogen-bond donors (Lipinski definition) is 0. The van der Waals surface area contributed by atoms with Crippen LogP contribution in [0.3, 0.4) is 0 Å². The van der Waals surface area contributed by atoms with Gasteiger partial charge in [-0.2, -0.15) is 22.0 Å². The maximum Gasteiger partial charge on any atom is 0.432 e. The Bertz CT molecular complexity index is 1210. The van der Waals surface area contributed by atoms with Gasteiger partial charge in [0.15, 0.2) is 17.9 Å². The highest BCUT2D eigenvalue weighted by Crippen LogP contribution is 2.38. The number of unbranched alkanes of at least 4 members (excludes halogenated alkanes) is 3. The van der Waals surface area contributed by atoms with Gasteiger partial charge in [0.25, 0.3) is 0 Å². The van der Waals surface area contributed by atoms with E-state index in [0.717, 1.165) is 19.3 Å². The second-order valence-electron chi connectivity index (χ2n) is 9.62. The standard InChI is InChI=1S/C29H29F9O4/c1-2-3-4-5-9-18-15-39-24(40-16-18)10-7-6-8-17-11-20(30)25(21(31)12-17)29(37,38)42-19-13-22(32)26(23(33)14-19)41-28(36)27(34)35/h6,8,11-14,18,24H,2-5,7,9-10,15-16H2,1H3. The Morgan fingerprint density at radius 2 is 1.50 bits per heavy atom. The van der Waals surface area contributed by atoms with Gasteiger partial charge in [-0.3, -0.25) is 0 Å². The number of benzene rings is 2. The molecular formula is C29H29F9O4. The zero-order chi connectivity index (χ0) is 30.9. The molecule has 1 saturated heterocycles. The van der Waals surface area contributed by atoms with Crippen molar-refractivity contribution in [2.75, 3.05) is 13.2 Å². The monoisotopic (exact) mass is 612 g/mol. The third kappa shape index (κ3) is 9.41. The Morgan fingerprint density at radius 3 is 2.07 bits per heavy atom. The molecule has 0 amide bonds. The first kappa shape index (κ1) is 33.3. The maximum absolute atomic E-state index is 14.6. The van der Waals surface area contributed by atoms with Crippen LogP contribution in [0.15, 0.2) is 42.4 Å². The second-order valence-corrected chi connectivity index (χ2v) is 9.62. The Kier molecular flexibility index (Phi) is 12.2. The molecule has 4 nitrogen and oxygen atoms in total. The summed E-state index contributed by atoms with van der Waals surface area (Å²) < 4.78 is 143. The molecular weight excluding hydrogens is 583 g/mol. The van der Waals surface area contributed by atoms with Crippen LogP contribution in [0.5, 0.6) is 11.5 Å². The SMILES string of the molecule is CCCCCCC1COC(CCC=Cc2cc(F)c(C(F)(F)Oc3cc(F)c(OC(F)=C(F)F)c(F)c3)c(F)c2)OC1. The Hall–Kier alpha value is -3.19. The van der Waals surface area contributed by atoms with Gasteiger partial charge in [0.2, 0.25) is 5.75 Å². The second kappa shape index (κ2) is 15.3. The first-order valence-electron chi connectivity index (χ1n) is 13.2. The van der Waals surface area contributed by atoms with E-state index in [-0.39, 0.29) is 17.7 Å². The van der Waals surface area contributed by atoms with E-state index in [1.165, 1.54) is 18.9 Å². The van der Waals surface area contributed by atoms with Crippen LogP contribution in [0.2, 0.25) is 0 Å². The molecule has 0 spiro atoms. The predicted octanol–water partition coefficient (Wildman–Crippen LogP) is 9.54. The topological polar surface area (TPSA) is 36.9 Å². The summed E-state index contributed by atoms with van der Waals surface area (Å²) in [6.45, 7) is 3.31. The molecule has 1 aliphatic heterocycles. The summed E-state index contributed by atoms with van der Waals surface area (Å²) in [6.07, 6.45) is 1.21. The zero-order valence-corrected chi connectivity index (χ0v) is 22.5. The van der Waals surface area contributed by atoms with Crippen molar-refractivity contribution >= 4 is 6.08 Å². The van der Waals surface area contributed by atoms with E-state index in [2.05, 4.69) is 16.4 Å². The van der Waals surface area contributed by atoms with Crippen LogP contribution in [0.1, 0.15) is 63.0 Å². The molecule has 0 atom stereocenters. The van der Waals surface area contributed by atoms with Gasteiger partial charge < -0.3 is 18.9 Å². The van der Waals surface area contributed by atoms with Crippen LogP contribution in [-0.4, -0.2) is 19.5 Å². The number of rotatable bonds is 14. The molecule has 3 rings (SSSR count). The molecule has 0 unspecified atom stereocenters. The summed E-state index contributed by atoms with van der Waals surface area (Å²) >= 11 is 0. The molecule has 1 heterocycles. The average Bonchev–Trinajstić information content (AvgIpc) is 2.91. The van der Waals surface area contributed by atoms with Gasteiger partial charge in [-0.1, -0.05) is 44.8 Å². The summed E-state index contributed by atoms with van der Waals surface area (Å²) in [7, 11) is 0. The highest BCUT2D eigenvalue weighted by molar-refractivity contribution is 5.51. The quantitative estimate of drug-likeness (QED) is 0.121. The molecule has 13 heteroatoms. The fraction of sp³-hybridized carbons (Fsp3) is 0.448. The normalized spacial score (nSPS) is 17.5. The van der Waals surface area contributed by atoms with Crippen LogP contribution in [0.4, 0.5) is 39.5 Å². The van der Waals surface area contributed by atoms with Crippen molar-refractivity contribution in [3.05, 3.63) is 76.8 Å². The van der Waals surface area contributed by atoms with E-state index in [0.29, 0.717) is 44.1 Å². The number of ether oxygens (including phenoxy) is 4. The minimum atomic E-state index is -4.77. The molecule has 2 aromatic rings. The van der Waals surface area contributed by atoms with Gasteiger partial charge in [-0.05, 0) is 30.5 Å². The molecule has 232 valence electrons. The third-order valence-electron chi connectivity index (χ3n) is 6.29. The number of hydrogen-bond acceptors (Lipinski definition) is 4. The fourth-order valence-electron chi connectivity index (χ4n) is 4.22. The molecule has 0 aromatic heterocycles. The minimum absolute atomic E-state index is 0.0379. The lowest BCUT2D eigenvalue weighted by Gasteiger charge is -2.29. The first-order chi connectivity index (χ1) is 19.9. The maximum atomic E-state index is 14.6. The Labute approximate surface area is 236 Å². The lowest BCUT2D eigenvalue weighted by Crippen LogP contribution is -2.31. The summed E-state index contributed by atoms with van der Waals surface area (Å²) in [5.41, 5.74) is -1.93. The predicted molar refractivity (Wildman–Crippen MR) is 134 cm³/mol. The van der Waals surface area contributed by atoms with E-state index in [4.69, 9.17) is 9.47 Å². The minimum Gasteiger partial charge on any atom is -0.429 e. The third-order valence-corrected chi connectivity index (χ3v) is 6.29. The Balaban J connectivity index is 1.58. The molecule has 0 saturated carbocycles. The molecule has 1 aliphatic rings. The van der Waals surface area contributed by atoms with E-state index >= 15 is 0 Å². The summed E-state index contributed by atoms with van der Waals surface area (Å²) in [5, 5.41) is 0. The van der Waals surface area contributed by atoms with Crippen molar-refractivity contribution in [1.29, 1.82) is 0 Å². The lowest BCUT2D eigenvalue weighted by atomic mass is 10.0. The van der Waals surface area contributed by atoms with Crippen molar-refractivity contribution in [2.45, 2.75) is 64.3 Å². The highest BCUT2D eigenvalue weighted by atomic mass is 19.3. The molecule has 42 heavy (non-hydrogen) atoms. The summed E-state index contributed by atoms with van der Waals surface area (Å²) in [5.74, 6) is -9.84. The number of alkyl halides is 2. The van der Waals surface area contributed by atoms with E-state index in [1.807, 2.05) is 0 Å². The van der Waals surface area contributed by atoms with Crippen molar-refractivity contribution < 1.29 is 58.5 Å². The van der Waals surface area contributed by atoms with Crippen molar-refractivity contribution in [3.8, 4) is 11.5 Å². The average molecular weight is 613 g/mol. The molecule has 1 fully saturated rings. The summed E-state index contributed by atoms with van der Waals surface area (Å²) in [6, 6.07) is -1.32. The van der Waals surface area contributed by atoms with Crippen LogP contribution in [0.25, 0.3) is 6.08 Å². The highest BCUT2D eigenvalue weighted by Gasteiger charge is 2.41. The molecule has 0 radical (unpaired) electrons. The van der Waals surface area contributed by atoms with Gasteiger partial charge in [-0.15, -0.1) is 0 Å². The number of halogens is 9. The van der Waals surface area contributed by atoms with Crippen LogP contribution in [0, 0.1) is 29.2 Å². The first-order valence-corrected chi connectivity index (χ1v) is 13.2. The van der Waals surface area contributed by atoms with Gasteiger partial charge in [0.05, 0.1) is 13.2 Å². The fourth-order valence-corrected chi connectivity index (χ4v) is 4.22. The molecule has 0 bridgehead atoms. The van der Waals surface area contributed by atoms with Crippen LogP contribution in [-0.2, 0) is 15.6 Å². The Morgan fingerprint density at radius 1 is 0.881 bits per heavy atom. The van der Waals surface area contributed by atoms with Crippen molar-refractivity contribution in [3.63, 3.8) is 0 Å². The smallest absolute Gasteiger partial charge is 0.429 e. The lowest BCUT2D eigenvalue weighted by molar-refractivity contribution is -0.203. The van der Waals surface area contributed by atoms with Gasteiger partial charge in [0, 0.05) is 24.5 Å².